The van der Waals surface area contributed by atoms with E-state index in [1.807, 2.05) is 11.9 Å². The van der Waals surface area contributed by atoms with Crippen molar-refractivity contribution in [3.8, 4) is 0 Å². The molecule has 5 heteroatoms. The lowest BCUT2D eigenvalue weighted by Crippen LogP contribution is -2.43. The molecular formula is C14H24N4O. The number of hydrogen-bond acceptors (Lipinski definition) is 3. The third-order valence-electron chi connectivity index (χ3n) is 2.93. The van der Waals surface area contributed by atoms with E-state index in [4.69, 9.17) is 10.6 Å². The van der Waals surface area contributed by atoms with E-state index in [2.05, 4.69) is 42.5 Å². The molecule has 0 heterocycles. The van der Waals surface area contributed by atoms with Crippen LogP contribution >= 0.6 is 0 Å². The van der Waals surface area contributed by atoms with Crippen molar-refractivity contribution in [2.24, 2.45) is 10.8 Å². The largest absolute Gasteiger partial charge is 0.385 e. The molecule has 0 aliphatic heterocycles. The van der Waals surface area contributed by atoms with Gasteiger partial charge in [-0.05, 0) is 31.9 Å². The minimum Gasteiger partial charge on any atom is -0.385 e. The van der Waals surface area contributed by atoms with E-state index >= 15 is 0 Å². The Morgan fingerprint density at radius 3 is 2.74 bits per heavy atom. The van der Waals surface area contributed by atoms with Gasteiger partial charge in [-0.2, -0.15) is 0 Å². The van der Waals surface area contributed by atoms with Crippen molar-refractivity contribution in [3.63, 3.8) is 0 Å². The average molecular weight is 264 g/mol. The van der Waals surface area contributed by atoms with Gasteiger partial charge in [0, 0.05) is 33.0 Å². The standard InChI is InChI=1S/C14H24N4O/c1-11-6-7-13(12(2)10-11)18(3)14(17-15)16-8-5-9-19-4/h6-7,10H,5,8-9,15H2,1-4H3,(H,16,17). The van der Waals surface area contributed by atoms with Gasteiger partial charge in [-0.15, -0.1) is 0 Å². The van der Waals surface area contributed by atoms with Crippen molar-refractivity contribution in [3.05, 3.63) is 29.3 Å². The summed E-state index contributed by atoms with van der Waals surface area (Å²) in [5.41, 5.74) is 6.19. The first-order valence-corrected chi connectivity index (χ1v) is 6.41. The highest BCUT2D eigenvalue weighted by molar-refractivity contribution is 5.95. The fourth-order valence-electron chi connectivity index (χ4n) is 1.94. The van der Waals surface area contributed by atoms with E-state index < -0.39 is 0 Å². The van der Waals surface area contributed by atoms with Crippen molar-refractivity contribution in [2.45, 2.75) is 20.3 Å². The van der Waals surface area contributed by atoms with Crippen LogP contribution in [0.25, 0.3) is 0 Å². The number of benzene rings is 1. The van der Waals surface area contributed by atoms with E-state index in [0.717, 1.165) is 12.1 Å². The Bertz CT molecular complexity index is 431. The zero-order valence-corrected chi connectivity index (χ0v) is 12.2. The second-order valence-electron chi connectivity index (χ2n) is 4.54. The molecule has 5 nitrogen and oxygen atoms in total. The number of hydrazine groups is 1. The topological polar surface area (TPSA) is 62.9 Å². The summed E-state index contributed by atoms with van der Waals surface area (Å²) >= 11 is 0. The number of methoxy groups -OCH3 is 1. The number of aliphatic imine (C=N–C) groups is 1. The normalized spacial score (nSPS) is 11.5. The zero-order chi connectivity index (χ0) is 14.3. The van der Waals surface area contributed by atoms with Gasteiger partial charge in [0.25, 0.3) is 0 Å². The Labute approximate surface area is 115 Å². The molecule has 19 heavy (non-hydrogen) atoms. The Hall–Kier alpha value is -1.59. The monoisotopic (exact) mass is 264 g/mol. The quantitative estimate of drug-likeness (QED) is 0.279. The summed E-state index contributed by atoms with van der Waals surface area (Å²) in [6, 6.07) is 6.30. The first kappa shape index (κ1) is 15.5. The number of nitrogens with one attached hydrogen (secondary N) is 1. The Morgan fingerprint density at radius 2 is 2.16 bits per heavy atom. The van der Waals surface area contributed by atoms with Crippen LogP contribution in [0.4, 0.5) is 5.69 Å². The second-order valence-corrected chi connectivity index (χ2v) is 4.54. The van der Waals surface area contributed by atoms with Crippen LogP contribution in [0.5, 0.6) is 0 Å². The molecule has 0 bridgehead atoms. The van der Waals surface area contributed by atoms with Crippen molar-refractivity contribution in [2.75, 3.05) is 32.2 Å². The molecule has 1 aromatic rings. The summed E-state index contributed by atoms with van der Waals surface area (Å²) < 4.78 is 5.00. The molecule has 0 fully saturated rings. The fraction of sp³-hybridized carbons (Fsp3) is 0.500. The molecule has 0 radical (unpaired) electrons. The molecule has 1 aromatic carbocycles. The molecular weight excluding hydrogens is 240 g/mol. The molecule has 106 valence electrons. The first-order valence-electron chi connectivity index (χ1n) is 6.41. The molecule has 0 aliphatic rings. The van der Waals surface area contributed by atoms with Crippen LogP contribution in [0.15, 0.2) is 23.2 Å². The van der Waals surface area contributed by atoms with Gasteiger partial charge in [0.1, 0.15) is 0 Å². The number of nitrogens with zero attached hydrogens (tertiary/aromatic N) is 2. The van der Waals surface area contributed by atoms with E-state index in [1.54, 1.807) is 7.11 Å². The lowest BCUT2D eigenvalue weighted by molar-refractivity contribution is 0.197. The van der Waals surface area contributed by atoms with Crippen LogP contribution in [0.3, 0.4) is 0 Å². The minimum absolute atomic E-state index is 0.656. The number of ether oxygens (including phenoxy) is 1. The zero-order valence-electron chi connectivity index (χ0n) is 12.2. The van der Waals surface area contributed by atoms with Gasteiger partial charge in [-0.3, -0.25) is 10.4 Å². The van der Waals surface area contributed by atoms with Crippen molar-refractivity contribution in [1.82, 2.24) is 5.43 Å². The molecule has 1 rings (SSSR count). The SMILES string of the molecule is COCCCN=C(NN)N(C)c1ccc(C)cc1C. The molecule has 0 unspecified atom stereocenters. The summed E-state index contributed by atoms with van der Waals surface area (Å²) in [5, 5.41) is 0. The maximum absolute atomic E-state index is 5.55. The van der Waals surface area contributed by atoms with Crippen molar-refractivity contribution >= 4 is 11.6 Å². The Morgan fingerprint density at radius 1 is 1.42 bits per heavy atom. The van der Waals surface area contributed by atoms with E-state index in [-0.39, 0.29) is 0 Å². The summed E-state index contributed by atoms with van der Waals surface area (Å²) in [5.74, 6) is 6.21. The van der Waals surface area contributed by atoms with Gasteiger partial charge in [0.2, 0.25) is 5.96 Å². The summed E-state index contributed by atoms with van der Waals surface area (Å²) in [4.78, 5) is 6.41. The fourth-order valence-corrected chi connectivity index (χ4v) is 1.94. The number of anilines is 1. The van der Waals surface area contributed by atoms with Gasteiger partial charge >= 0.3 is 0 Å². The van der Waals surface area contributed by atoms with Crippen LogP contribution in [0.1, 0.15) is 17.5 Å². The van der Waals surface area contributed by atoms with Crippen LogP contribution in [0.2, 0.25) is 0 Å². The van der Waals surface area contributed by atoms with Crippen LogP contribution in [-0.4, -0.2) is 33.3 Å². The van der Waals surface area contributed by atoms with Crippen molar-refractivity contribution in [1.29, 1.82) is 0 Å². The van der Waals surface area contributed by atoms with Gasteiger partial charge in [0.15, 0.2) is 0 Å². The lowest BCUT2D eigenvalue weighted by Gasteiger charge is -2.23. The van der Waals surface area contributed by atoms with Gasteiger partial charge in [0.05, 0.1) is 0 Å². The predicted octanol–water partition coefficient (Wildman–Crippen LogP) is 1.60. The molecule has 0 atom stereocenters. The minimum atomic E-state index is 0.656. The molecule has 0 spiro atoms. The third kappa shape index (κ3) is 4.54. The van der Waals surface area contributed by atoms with Gasteiger partial charge in [-0.1, -0.05) is 17.7 Å². The number of rotatable bonds is 5. The molecule has 0 aromatic heterocycles. The van der Waals surface area contributed by atoms with Crippen molar-refractivity contribution < 1.29 is 4.74 Å². The highest BCUT2D eigenvalue weighted by atomic mass is 16.5. The van der Waals surface area contributed by atoms with Crippen LogP contribution in [-0.2, 0) is 4.74 Å². The molecule has 0 saturated heterocycles. The first-order chi connectivity index (χ1) is 9.10. The van der Waals surface area contributed by atoms with E-state index in [1.165, 1.54) is 11.1 Å². The van der Waals surface area contributed by atoms with Crippen LogP contribution < -0.4 is 16.2 Å². The second kappa shape index (κ2) is 7.76. The number of guanidine groups is 1. The number of nitrogens with two attached hydrogens (primary N) is 1. The number of aryl methyl sites for hydroxylation is 2. The molecule has 0 saturated carbocycles. The summed E-state index contributed by atoms with van der Waals surface area (Å²) in [6.45, 7) is 5.55. The molecule has 0 amide bonds. The smallest absolute Gasteiger partial charge is 0.212 e. The highest BCUT2D eigenvalue weighted by Gasteiger charge is 2.09. The maximum Gasteiger partial charge on any atom is 0.212 e. The number of hydrogen-bond donors (Lipinski definition) is 2. The maximum atomic E-state index is 5.55. The third-order valence-corrected chi connectivity index (χ3v) is 2.93. The predicted molar refractivity (Wildman–Crippen MR) is 80.4 cm³/mol. The Balaban J connectivity index is 2.79. The van der Waals surface area contributed by atoms with Crippen LogP contribution in [0, 0.1) is 13.8 Å². The lowest BCUT2D eigenvalue weighted by atomic mass is 10.1. The van der Waals surface area contributed by atoms with Gasteiger partial charge < -0.3 is 9.64 Å². The summed E-state index contributed by atoms with van der Waals surface area (Å²) in [6.07, 6.45) is 0.877. The average Bonchev–Trinajstić information content (AvgIpc) is 2.38. The van der Waals surface area contributed by atoms with Gasteiger partial charge in [-0.25, -0.2) is 5.84 Å². The van der Waals surface area contributed by atoms with E-state index in [9.17, 15) is 0 Å². The van der Waals surface area contributed by atoms with E-state index in [0.29, 0.717) is 19.1 Å². The molecule has 0 aliphatic carbocycles. The highest BCUT2D eigenvalue weighted by Crippen LogP contribution is 2.19. The summed E-state index contributed by atoms with van der Waals surface area (Å²) in [7, 11) is 3.64. The molecule has 3 N–H and O–H groups in total. The Kier molecular flexibility index (Phi) is 6.32.